The predicted octanol–water partition coefficient (Wildman–Crippen LogP) is 2.22. The monoisotopic (exact) mass is 251 g/mol. The molecule has 1 aliphatic heterocycles. The number of carbonyl (C=O) groups excluding carboxylic acids is 2. The van der Waals surface area contributed by atoms with Gasteiger partial charge in [-0.25, -0.2) is 9.18 Å². The quantitative estimate of drug-likeness (QED) is 0.618. The zero-order valence-electron chi connectivity index (χ0n) is 9.82. The summed E-state index contributed by atoms with van der Waals surface area (Å²) in [5.41, 5.74) is -1.34. The van der Waals surface area contributed by atoms with Gasteiger partial charge < -0.3 is 10.1 Å². The maximum atomic E-state index is 14.2. The minimum Gasteiger partial charge on any atom is -0.375 e. The van der Waals surface area contributed by atoms with E-state index in [1.165, 1.54) is 12.2 Å². The van der Waals surface area contributed by atoms with E-state index in [9.17, 15) is 14.0 Å². The van der Waals surface area contributed by atoms with Crippen LogP contribution in [0, 0.1) is 11.3 Å². The van der Waals surface area contributed by atoms with E-state index in [0.29, 0.717) is 12.3 Å². The molecule has 1 saturated heterocycles. The molecule has 1 saturated carbocycles. The molecule has 2 aliphatic carbocycles. The number of esters is 1. The Morgan fingerprint density at radius 2 is 2.22 bits per heavy atom. The van der Waals surface area contributed by atoms with E-state index in [1.54, 1.807) is 6.08 Å². The van der Waals surface area contributed by atoms with Crippen molar-refractivity contribution in [1.82, 2.24) is 5.32 Å². The molecule has 3 aliphatic rings. The van der Waals surface area contributed by atoms with E-state index in [0.717, 1.165) is 19.3 Å². The number of ether oxygens (including phenoxy) is 1. The minimum absolute atomic E-state index is 0.383. The van der Waals surface area contributed by atoms with Gasteiger partial charge in [0.1, 0.15) is 11.2 Å². The molecule has 4 nitrogen and oxygen atoms in total. The molecule has 3 rings (SSSR count). The number of cyclic esters (lactones) is 2. The predicted molar refractivity (Wildman–Crippen MR) is 61.1 cm³/mol. The van der Waals surface area contributed by atoms with Crippen molar-refractivity contribution in [3.63, 3.8) is 0 Å². The third kappa shape index (κ3) is 1.65. The first-order valence-electron chi connectivity index (χ1n) is 6.20. The standard InChI is InChI=1S/C13H14FNO3/c14-9-2-1-3-10-13(9,7-6-8-4-5-8)11(16)18-12(17)15-10/h1-3,8,10H,4-7H2,(H,15,17). The van der Waals surface area contributed by atoms with Crippen molar-refractivity contribution in [1.29, 1.82) is 0 Å². The highest BCUT2D eigenvalue weighted by atomic mass is 19.1. The molecule has 0 bridgehead atoms. The van der Waals surface area contributed by atoms with Gasteiger partial charge in [0.2, 0.25) is 0 Å². The first kappa shape index (κ1) is 11.4. The molecule has 1 N–H and O–H groups in total. The summed E-state index contributed by atoms with van der Waals surface area (Å²) in [6.07, 6.45) is 7.11. The molecule has 96 valence electrons. The second-order valence-electron chi connectivity index (χ2n) is 5.15. The summed E-state index contributed by atoms with van der Waals surface area (Å²) in [6.45, 7) is 0. The number of hydrogen-bond acceptors (Lipinski definition) is 3. The summed E-state index contributed by atoms with van der Waals surface area (Å²) in [5.74, 6) is -0.695. The minimum atomic E-state index is -1.34. The lowest BCUT2D eigenvalue weighted by atomic mass is 9.71. The number of carbonyl (C=O) groups is 2. The molecule has 0 spiro atoms. The Hall–Kier alpha value is -1.65. The number of hydrogen-bond donors (Lipinski definition) is 1. The second-order valence-corrected chi connectivity index (χ2v) is 5.15. The highest BCUT2D eigenvalue weighted by molar-refractivity contribution is 5.94. The van der Waals surface area contributed by atoms with E-state index in [-0.39, 0.29) is 0 Å². The summed E-state index contributed by atoms with van der Waals surface area (Å²) in [5, 5.41) is 2.51. The summed E-state index contributed by atoms with van der Waals surface area (Å²) in [7, 11) is 0. The number of fused-ring (bicyclic) bond motifs is 1. The molecule has 1 heterocycles. The van der Waals surface area contributed by atoms with Crippen LogP contribution in [0.2, 0.25) is 0 Å². The number of alkyl carbamates (subject to hydrolysis) is 1. The number of nitrogens with one attached hydrogen (secondary N) is 1. The molecule has 0 aromatic rings. The normalized spacial score (nSPS) is 34.5. The molecule has 0 aromatic heterocycles. The molecule has 0 aromatic carbocycles. The molecule has 0 radical (unpaired) electrons. The number of halogens is 1. The topological polar surface area (TPSA) is 55.4 Å². The number of allylic oxidation sites excluding steroid dienone is 2. The first-order chi connectivity index (χ1) is 8.63. The fraction of sp³-hybridized carbons (Fsp3) is 0.538. The summed E-state index contributed by atoms with van der Waals surface area (Å²) in [4.78, 5) is 23.2. The van der Waals surface area contributed by atoms with Gasteiger partial charge in [-0.1, -0.05) is 25.0 Å². The summed E-state index contributed by atoms with van der Waals surface area (Å²) in [6, 6.07) is -0.630. The van der Waals surface area contributed by atoms with Crippen molar-refractivity contribution in [2.75, 3.05) is 0 Å². The zero-order valence-corrected chi connectivity index (χ0v) is 9.82. The van der Waals surface area contributed by atoms with Crippen LogP contribution in [-0.2, 0) is 9.53 Å². The molecular formula is C13H14FNO3. The third-order valence-corrected chi connectivity index (χ3v) is 3.97. The molecule has 2 unspecified atom stereocenters. The highest BCUT2D eigenvalue weighted by Crippen LogP contribution is 2.46. The van der Waals surface area contributed by atoms with Gasteiger partial charge in [-0.2, -0.15) is 0 Å². The smallest absolute Gasteiger partial charge is 0.375 e. The van der Waals surface area contributed by atoms with E-state index in [1.807, 2.05) is 0 Å². The Labute approximate surface area is 104 Å². The van der Waals surface area contributed by atoms with Gasteiger partial charge >= 0.3 is 12.1 Å². The lowest BCUT2D eigenvalue weighted by molar-refractivity contribution is -0.152. The Bertz CT molecular complexity index is 467. The average Bonchev–Trinajstić information content (AvgIpc) is 3.11. The molecule has 5 heteroatoms. The van der Waals surface area contributed by atoms with Crippen LogP contribution in [0.3, 0.4) is 0 Å². The Kier molecular flexibility index (Phi) is 2.50. The zero-order chi connectivity index (χ0) is 12.8. The Morgan fingerprint density at radius 1 is 1.44 bits per heavy atom. The number of amides is 1. The Balaban J connectivity index is 1.91. The summed E-state index contributed by atoms with van der Waals surface area (Å²) < 4.78 is 18.8. The van der Waals surface area contributed by atoms with Gasteiger partial charge in [-0.3, -0.25) is 4.79 Å². The fourth-order valence-corrected chi connectivity index (χ4v) is 2.66. The average molecular weight is 251 g/mol. The molecular weight excluding hydrogens is 237 g/mol. The molecule has 2 atom stereocenters. The van der Waals surface area contributed by atoms with E-state index >= 15 is 0 Å². The van der Waals surface area contributed by atoms with E-state index < -0.39 is 29.3 Å². The van der Waals surface area contributed by atoms with Gasteiger partial charge in [0.25, 0.3) is 0 Å². The highest BCUT2D eigenvalue weighted by Gasteiger charge is 2.55. The lowest BCUT2D eigenvalue weighted by Gasteiger charge is -2.40. The van der Waals surface area contributed by atoms with Gasteiger partial charge in [-0.05, 0) is 24.8 Å². The van der Waals surface area contributed by atoms with Crippen LogP contribution in [0.15, 0.2) is 24.1 Å². The molecule has 1 amide bonds. The van der Waals surface area contributed by atoms with Crippen molar-refractivity contribution >= 4 is 12.1 Å². The van der Waals surface area contributed by atoms with Gasteiger partial charge in [0, 0.05) is 0 Å². The maximum Gasteiger partial charge on any atom is 0.415 e. The maximum absolute atomic E-state index is 14.2. The largest absolute Gasteiger partial charge is 0.415 e. The van der Waals surface area contributed by atoms with Crippen molar-refractivity contribution in [3.8, 4) is 0 Å². The van der Waals surface area contributed by atoms with Crippen molar-refractivity contribution in [2.24, 2.45) is 11.3 Å². The van der Waals surface area contributed by atoms with Crippen LogP contribution in [0.4, 0.5) is 9.18 Å². The van der Waals surface area contributed by atoms with Crippen molar-refractivity contribution < 1.29 is 18.7 Å². The van der Waals surface area contributed by atoms with Gasteiger partial charge in [0.15, 0.2) is 0 Å². The first-order valence-corrected chi connectivity index (χ1v) is 6.20. The lowest BCUT2D eigenvalue weighted by Crippen LogP contribution is -2.58. The van der Waals surface area contributed by atoms with Crippen LogP contribution < -0.4 is 5.32 Å². The fourth-order valence-electron chi connectivity index (χ4n) is 2.66. The van der Waals surface area contributed by atoms with Crippen molar-refractivity contribution in [2.45, 2.75) is 31.7 Å². The van der Waals surface area contributed by atoms with Gasteiger partial charge in [-0.15, -0.1) is 0 Å². The van der Waals surface area contributed by atoms with Crippen LogP contribution in [0.1, 0.15) is 25.7 Å². The summed E-state index contributed by atoms with van der Waals surface area (Å²) >= 11 is 0. The van der Waals surface area contributed by atoms with Crippen LogP contribution in [0.25, 0.3) is 0 Å². The van der Waals surface area contributed by atoms with Crippen molar-refractivity contribution in [3.05, 3.63) is 24.1 Å². The molecule has 18 heavy (non-hydrogen) atoms. The van der Waals surface area contributed by atoms with Crippen LogP contribution in [0.5, 0.6) is 0 Å². The van der Waals surface area contributed by atoms with E-state index in [2.05, 4.69) is 10.1 Å². The number of rotatable bonds is 3. The Morgan fingerprint density at radius 3 is 2.94 bits per heavy atom. The van der Waals surface area contributed by atoms with Crippen LogP contribution in [-0.4, -0.2) is 18.1 Å². The third-order valence-electron chi connectivity index (χ3n) is 3.97. The van der Waals surface area contributed by atoms with Gasteiger partial charge in [0.05, 0.1) is 6.04 Å². The molecule has 2 fully saturated rings. The van der Waals surface area contributed by atoms with E-state index in [4.69, 9.17) is 0 Å². The van der Waals surface area contributed by atoms with Crippen LogP contribution >= 0.6 is 0 Å². The second kappa shape index (κ2) is 3.93. The SMILES string of the molecule is O=C1NC2C=CC=C(F)C2(CCC2CC2)C(=O)O1.